The zero-order valence-corrected chi connectivity index (χ0v) is 9.10. The molecular weight excluding hydrogens is 186 g/mol. The van der Waals surface area contributed by atoms with Crippen molar-refractivity contribution in [1.29, 1.82) is 0 Å². The van der Waals surface area contributed by atoms with E-state index >= 15 is 0 Å². The minimum atomic E-state index is -0.0989. The van der Waals surface area contributed by atoms with Gasteiger partial charge in [0.15, 0.2) is 0 Å². The van der Waals surface area contributed by atoms with Gasteiger partial charge in [-0.05, 0) is 0 Å². The molecule has 0 aromatic rings. The van der Waals surface area contributed by atoms with Gasteiger partial charge in [0, 0.05) is 31.1 Å². The third kappa shape index (κ3) is 3.56. The summed E-state index contributed by atoms with van der Waals surface area (Å²) >= 11 is 1.98. The molecule has 1 atom stereocenters. The Morgan fingerprint density at radius 3 is 2.69 bits per heavy atom. The summed E-state index contributed by atoms with van der Waals surface area (Å²) in [7, 11) is 1.45. The molecule has 0 aromatic carbocycles. The molecule has 0 radical (unpaired) electrons. The molecule has 13 heavy (non-hydrogen) atoms. The number of rotatable bonds is 3. The molecule has 1 rings (SSSR count). The summed E-state index contributed by atoms with van der Waals surface area (Å²) in [5.41, 5.74) is 0. The van der Waals surface area contributed by atoms with E-state index in [1.54, 1.807) is 0 Å². The summed E-state index contributed by atoms with van der Waals surface area (Å²) in [5.74, 6) is 2.29. The Morgan fingerprint density at radius 2 is 2.15 bits per heavy atom. The second kappa shape index (κ2) is 5.50. The molecule has 0 bridgehead atoms. The van der Waals surface area contributed by atoms with Crippen LogP contribution in [0.2, 0.25) is 0 Å². The highest BCUT2D eigenvalue weighted by Gasteiger charge is 2.18. The normalized spacial score (nSPS) is 21.1. The first-order chi connectivity index (χ1) is 6.24. The van der Waals surface area contributed by atoms with Crippen LogP contribution < -0.4 is 0 Å². The van der Waals surface area contributed by atoms with Crippen molar-refractivity contribution in [2.24, 2.45) is 5.92 Å². The molecule has 4 heteroatoms. The molecule has 1 fully saturated rings. The van der Waals surface area contributed by atoms with Gasteiger partial charge in [0.1, 0.15) is 0 Å². The second-order valence-corrected chi connectivity index (χ2v) is 4.56. The second-order valence-electron chi connectivity index (χ2n) is 3.34. The molecule has 0 spiro atoms. The summed E-state index contributed by atoms with van der Waals surface area (Å²) < 4.78 is 4.68. The SMILES string of the molecule is COC(=O)[C@@H](C)CN1CCSCC1. The van der Waals surface area contributed by atoms with Gasteiger partial charge in [0.05, 0.1) is 13.0 Å². The predicted octanol–water partition coefficient (Wildman–Crippen LogP) is 0.844. The summed E-state index contributed by atoms with van der Waals surface area (Å²) in [6.45, 7) is 4.97. The monoisotopic (exact) mass is 203 g/mol. The Labute approximate surface area is 83.8 Å². The van der Waals surface area contributed by atoms with Gasteiger partial charge in [-0.25, -0.2) is 0 Å². The third-order valence-corrected chi connectivity index (χ3v) is 3.18. The first-order valence-corrected chi connectivity index (χ1v) is 5.77. The van der Waals surface area contributed by atoms with E-state index in [0.717, 1.165) is 19.6 Å². The van der Waals surface area contributed by atoms with E-state index in [1.807, 2.05) is 18.7 Å². The van der Waals surface area contributed by atoms with Crippen molar-refractivity contribution in [3.8, 4) is 0 Å². The molecular formula is C9H17NO2S. The van der Waals surface area contributed by atoms with Gasteiger partial charge < -0.3 is 9.64 Å². The average molecular weight is 203 g/mol. The molecule has 0 amide bonds. The maximum absolute atomic E-state index is 11.1. The van der Waals surface area contributed by atoms with Crippen LogP contribution in [0.25, 0.3) is 0 Å². The van der Waals surface area contributed by atoms with Crippen molar-refractivity contribution in [1.82, 2.24) is 4.90 Å². The number of carbonyl (C=O) groups excluding carboxylic acids is 1. The Morgan fingerprint density at radius 1 is 1.54 bits per heavy atom. The summed E-state index contributed by atoms with van der Waals surface area (Å²) in [6.07, 6.45) is 0. The van der Waals surface area contributed by atoms with E-state index in [9.17, 15) is 4.79 Å². The van der Waals surface area contributed by atoms with Crippen LogP contribution in [-0.4, -0.2) is 49.1 Å². The molecule has 0 unspecified atom stereocenters. The quantitative estimate of drug-likeness (QED) is 0.636. The molecule has 3 nitrogen and oxygen atoms in total. The average Bonchev–Trinajstić information content (AvgIpc) is 2.18. The number of hydrogen-bond donors (Lipinski definition) is 0. The molecule has 0 N–H and O–H groups in total. The molecule has 1 saturated heterocycles. The summed E-state index contributed by atoms with van der Waals surface area (Å²) in [4.78, 5) is 13.5. The topological polar surface area (TPSA) is 29.5 Å². The summed E-state index contributed by atoms with van der Waals surface area (Å²) in [5, 5.41) is 0. The van der Waals surface area contributed by atoms with Gasteiger partial charge in [-0.1, -0.05) is 6.92 Å². The minimum Gasteiger partial charge on any atom is -0.469 e. The van der Waals surface area contributed by atoms with Crippen LogP contribution >= 0.6 is 11.8 Å². The number of ether oxygens (including phenoxy) is 1. The van der Waals surface area contributed by atoms with Gasteiger partial charge in [-0.2, -0.15) is 11.8 Å². The van der Waals surface area contributed by atoms with E-state index in [2.05, 4.69) is 9.64 Å². The minimum absolute atomic E-state index is 0.00750. The lowest BCUT2D eigenvalue weighted by Gasteiger charge is -2.27. The van der Waals surface area contributed by atoms with E-state index < -0.39 is 0 Å². The molecule has 76 valence electrons. The molecule has 0 aliphatic carbocycles. The van der Waals surface area contributed by atoms with Crippen LogP contribution in [0, 0.1) is 5.92 Å². The largest absolute Gasteiger partial charge is 0.469 e. The lowest BCUT2D eigenvalue weighted by atomic mass is 10.1. The highest BCUT2D eigenvalue weighted by molar-refractivity contribution is 7.99. The van der Waals surface area contributed by atoms with Gasteiger partial charge >= 0.3 is 5.97 Å². The van der Waals surface area contributed by atoms with E-state index in [4.69, 9.17) is 0 Å². The van der Waals surface area contributed by atoms with E-state index in [1.165, 1.54) is 18.6 Å². The number of hydrogen-bond acceptors (Lipinski definition) is 4. The van der Waals surface area contributed by atoms with E-state index in [-0.39, 0.29) is 11.9 Å². The van der Waals surface area contributed by atoms with Crippen LogP contribution in [0.3, 0.4) is 0 Å². The highest BCUT2D eigenvalue weighted by atomic mass is 32.2. The maximum atomic E-state index is 11.1. The standard InChI is InChI=1S/C9H17NO2S/c1-8(9(11)12-2)7-10-3-5-13-6-4-10/h8H,3-7H2,1-2H3/t8-/m0/s1. The number of carbonyl (C=O) groups is 1. The zero-order chi connectivity index (χ0) is 9.68. The lowest BCUT2D eigenvalue weighted by Crippen LogP contribution is -2.38. The summed E-state index contributed by atoms with van der Waals surface area (Å²) in [6, 6.07) is 0. The number of esters is 1. The van der Waals surface area contributed by atoms with Crippen molar-refractivity contribution < 1.29 is 9.53 Å². The van der Waals surface area contributed by atoms with Crippen LogP contribution in [0.15, 0.2) is 0 Å². The molecule has 1 aliphatic heterocycles. The van der Waals surface area contributed by atoms with E-state index in [0.29, 0.717) is 0 Å². The molecule has 1 aliphatic rings. The van der Waals surface area contributed by atoms with Crippen molar-refractivity contribution in [3.05, 3.63) is 0 Å². The van der Waals surface area contributed by atoms with Crippen molar-refractivity contribution in [3.63, 3.8) is 0 Å². The van der Waals surface area contributed by atoms with Crippen molar-refractivity contribution in [2.45, 2.75) is 6.92 Å². The van der Waals surface area contributed by atoms with Crippen LogP contribution in [-0.2, 0) is 9.53 Å². The smallest absolute Gasteiger partial charge is 0.309 e. The third-order valence-electron chi connectivity index (χ3n) is 2.24. The Balaban J connectivity index is 2.25. The number of thioether (sulfide) groups is 1. The molecule has 0 aromatic heterocycles. The number of nitrogens with zero attached hydrogens (tertiary/aromatic N) is 1. The van der Waals surface area contributed by atoms with Gasteiger partial charge in [-0.3, -0.25) is 4.79 Å². The zero-order valence-electron chi connectivity index (χ0n) is 8.28. The Kier molecular flexibility index (Phi) is 4.59. The predicted molar refractivity (Wildman–Crippen MR) is 54.9 cm³/mol. The van der Waals surface area contributed by atoms with Gasteiger partial charge in [0.25, 0.3) is 0 Å². The highest BCUT2D eigenvalue weighted by Crippen LogP contribution is 2.11. The molecule has 0 saturated carbocycles. The van der Waals surface area contributed by atoms with Gasteiger partial charge in [-0.15, -0.1) is 0 Å². The fourth-order valence-electron chi connectivity index (χ4n) is 1.45. The van der Waals surface area contributed by atoms with Crippen LogP contribution in [0.1, 0.15) is 6.92 Å². The lowest BCUT2D eigenvalue weighted by molar-refractivity contribution is -0.145. The maximum Gasteiger partial charge on any atom is 0.309 e. The Hall–Kier alpha value is -0.220. The fraction of sp³-hybridized carbons (Fsp3) is 0.889. The molecule has 1 heterocycles. The van der Waals surface area contributed by atoms with Crippen molar-refractivity contribution >= 4 is 17.7 Å². The van der Waals surface area contributed by atoms with Crippen LogP contribution in [0.4, 0.5) is 0 Å². The van der Waals surface area contributed by atoms with Crippen LogP contribution in [0.5, 0.6) is 0 Å². The number of methoxy groups -OCH3 is 1. The van der Waals surface area contributed by atoms with Crippen molar-refractivity contribution in [2.75, 3.05) is 38.2 Å². The Bertz CT molecular complexity index is 169. The fourth-order valence-corrected chi connectivity index (χ4v) is 2.43. The van der Waals surface area contributed by atoms with Gasteiger partial charge in [0.2, 0.25) is 0 Å². The first kappa shape index (κ1) is 10.9. The first-order valence-electron chi connectivity index (χ1n) is 4.62.